The van der Waals surface area contributed by atoms with Crippen LogP contribution in [0.15, 0.2) is 30.6 Å². The summed E-state index contributed by atoms with van der Waals surface area (Å²) >= 11 is 0. The Hall–Kier alpha value is -2.28. The number of nitrogens with one attached hydrogen (secondary N) is 1. The van der Waals surface area contributed by atoms with E-state index in [0.717, 1.165) is 5.69 Å². The highest BCUT2D eigenvalue weighted by Crippen LogP contribution is 2.12. The Morgan fingerprint density at radius 2 is 2.11 bits per heavy atom. The predicted octanol–water partition coefficient (Wildman–Crippen LogP) is 0.636. The number of carbonyl (C=O) groups excluding carboxylic acids is 1. The first-order chi connectivity index (χ1) is 8.70. The molecule has 0 aliphatic heterocycles. The quantitative estimate of drug-likeness (QED) is 0.857. The lowest BCUT2D eigenvalue weighted by Gasteiger charge is -2.10. The molecule has 0 radical (unpaired) electrons. The second kappa shape index (κ2) is 5.37. The van der Waals surface area contributed by atoms with Crippen LogP contribution in [0.5, 0.6) is 0 Å². The average Bonchev–Trinajstić information content (AvgIpc) is 2.92. The Labute approximate surface area is 104 Å². The molecular formula is C11H13N5O2. The number of rotatable bonds is 4. The second-order valence-electron chi connectivity index (χ2n) is 3.67. The number of tetrazole rings is 1. The maximum Gasteiger partial charge on any atom is 0.253 e. The number of benzene rings is 1. The summed E-state index contributed by atoms with van der Waals surface area (Å²) in [7, 11) is 1.49. The van der Waals surface area contributed by atoms with E-state index in [1.54, 1.807) is 19.1 Å². The van der Waals surface area contributed by atoms with Crippen LogP contribution in [-0.4, -0.2) is 39.3 Å². The van der Waals surface area contributed by atoms with Crippen LogP contribution in [0.3, 0.4) is 0 Å². The maximum absolute atomic E-state index is 11.6. The van der Waals surface area contributed by atoms with Crippen molar-refractivity contribution in [2.75, 3.05) is 12.4 Å². The molecule has 0 spiro atoms. The first-order valence-corrected chi connectivity index (χ1v) is 5.38. The zero-order valence-corrected chi connectivity index (χ0v) is 10.1. The van der Waals surface area contributed by atoms with Crippen molar-refractivity contribution in [1.82, 2.24) is 20.2 Å². The lowest BCUT2D eigenvalue weighted by Crippen LogP contribution is -2.26. The molecule has 1 N–H and O–H groups in total. The minimum Gasteiger partial charge on any atom is -0.372 e. The van der Waals surface area contributed by atoms with Crippen LogP contribution in [-0.2, 0) is 9.53 Å². The summed E-state index contributed by atoms with van der Waals surface area (Å²) in [6.45, 7) is 1.69. The van der Waals surface area contributed by atoms with Gasteiger partial charge in [0.15, 0.2) is 0 Å². The molecule has 0 bridgehead atoms. The third kappa shape index (κ3) is 2.69. The van der Waals surface area contributed by atoms with Crippen molar-refractivity contribution >= 4 is 11.6 Å². The van der Waals surface area contributed by atoms with Crippen LogP contribution in [0, 0.1) is 0 Å². The fraction of sp³-hybridized carbons (Fsp3) is 0.273. The second-order valence-corrected chi connectivity index (χ2v) is 3.67. The molecule has 0 saturated carbocycles. The Morgan fingerprint density at radius 3 is 2.67 bits per heavy atom. The van der Waals surface area contributed by atoms with Crippen molar-refractivity contribution in [3.63, 3.8) is 0 Å². The first kappa shape index (κ1) is 12.2. The summed E-state index contributed by atoms with van der Waals surface area (Å²) in [4.78, 5) is 11.6. The topological polar surface area (TPSA) is 81.9 Å². The normalized spacial score (nSPS) is 12.1. The molecule has 0 fully saturated rings. The number of ether oxygens (including phenoxy) is 1. The van der Waals surface area contributed by atoms with Gasteiger partial charge in [0, 0.05) is 12.8 Å². The molecule has 18 heavy (non-hydrogen) atoms. The average molecular weight is 247 g/mol. The van der Waals surface area contributed by atoms with Gasteiger partial charge in [-0.15, -0.1) is 5.10 Å². The third-order valence-electron chi connectivity index (χ3n) is 2.47. The number of nitrogens with zero attached hydrogens (tertiary/aromatic N) is 4. The van der Waals surface area contributed by atoms with Gasteiger partial charge in [-0.1, -0.05) is 0 Å². The standard InChI is InChI=1S/C11H13N5O2/c1-8(18-2)11(17)13-9-3-5-10(6-4-9)16-7-12-14-15-16/h3-8H,1-2H3,(H,13,17). The van der Waals surface area contributed by atoms with Crippen molar-refractivity contribution < 1.29 is 9.53 Å². The van der Waals surface area contributed by atoms with E-state index in [9.17, 15) is 4.79 Å². The van der Waals surface area contributed by atoms with Gasteiger partial charge in [0.05, 0.1) is 5.69 Å². The zero-order chi connectivity index (χ0) is 13.0. The SMILES string of the molecule is COC(C)C(=O)Nc1ccc(-n2cnnn2)cc1. The fourth-order valence-electron chi connectivity index (χ4n) is 1.33. The molecule has 0 aliphatic rings. The molecule has 1 aromatic carbocycles. The molecule has 2 rings (SSSR count). The van der Waals surface area contributed by atoms with Gasteiger partial charge in [-0.05, 0) is 41.6 Å². The summed E-state index contributed by atoms with van der Waals surface area (Å²) in [5.74, 6) is -0.187. The molecule has 7 nitrogen and oxygen atoms in total. The number of aromatic nitrogens is 4. The Bertz CT molecular complexity index is 509. The number of carbonyl (C=O) groups is 1. The number of hydrogen-bond donors (Lipinski definition) is 1. The van der Waals surface area contributed by atoms with Crippen molar-refractivity contribution in [3.05, 3.63) is 30.6 Å². The van der Waals surface area contributed by atoms with Gasteiger partial charge < -0.3 is 10.1 Å². The molecule has 0 aliphatic carbocycles. The molecule has 94 valence electrons. The van der Waals surface area contributed by atoms with Gasteiger partial charge in [0.25, 0.3) is 5.91 Å². The highest BCUT2D eigenvalue weighted by molar-refractivity contribution is 5.93. The van der Waals surface area contributed by atoms with E-state index in [-0.39, 0.29) is 5.91 Å². The van der Waals surface area contributed by atoms with Gasteiger partial charge in [0.1, 0.15) is 12.4 Å². The monoisotopic (exact) mass is 247 g/mol. The molecule has 1 aromatic heterocycles. The number of methoxy groups -OCH3 is 1. The van der Waals surface area contributed by atoms with Gasteiger partial charge in [0.2, 0.25) is 0 Å². The molecule has 2 aromatic rings. The van der Waals surface area contributed by atoms with E-state index >= 15 is 0 Å². The van der Waals surface area contributed by atoms with Crippen molar-refractivity contribution in [1.29, 1.82) is 0 Å². The van der Waals surface area contributed by atoms with Crippen LogP contribution in [0.2, 0.25) is 0 Å². The Kier molecular flexibility index (Phi) is 3.63. The lowest BCUT2D eigenvalue weighted by molar-refractivity contribution is -0.124. The summed E-state index contributed by atoms with van der Waals surface area (Å²) in [6, 6.07) is 7.17. The fourth-order valence-corrected chi connectivity index (χ4v) is 1.33. The van der Waals surface area contributed by atoms with Crippen LogP contribution in [0.1, 0.15) is 6.92 Å². The number of hydrogen-bond acceptors (Lipinski definition) is 5. The highest BCUT2D eigenvalue weighted by atomic mass is 16.5. The first-order valence-electron chi connectivity index (χ1n) is 5.38. The summed E-state index contributed by atoms with van der Waals surface area (Å²) in [5, 5.41) is 13.6. The molecule has 0 saturated heterocycles. The number of anilines is 1. The van der Waals surface area contributed by atoms with E-state index in [4.69, 9.17) is 4.74 Å². The van der Waals surface area contributed by atoms with Crippen molar-refractivity contribution in [2.45, 2.75) is 13.0 Å². The summed E-state index contributed by atoms with van der Waals surface area (Å²) in [5.41, 5.74) is 1.51. The zero-order valence-electron chi connectivity index (χ0n) is 10.1. The minimum atomic E-state index is -0.482. The van der Waals surface area contributed by atoms with E-state index in [2.05, 4.69) is 20.8 Å². The van der Waals surface area contributed by atoms with Gasteiger partial charge in [-0.3, -0.25) is 4.79 Å². The van der Waals surface area contributed by atoms with E-state index in [1.807, 2.05) is 12.1 Å². The van der Waals surface area contributed by atoms with Crippen molar-refractivity contribution in [3.8, 4) is 5.69 Å². The molecule has 1 unspecified atom stereocenters. The largest absolute Gasteiger partial charge is 0.372 e. The highest BCUT2D eigenvalue weighted by Gasteiger charge is 2.11. The van der Waals surface area contributed by atoms with Crippen LogP contribution in [0.4, 0.5) is 5.69 Å². The van der Waals surface area contributed by atoms with Crippen LogP contribution in [0.25, 0.3) is 5.69 Å². The smallest absolute Gasteiger partial charge is 0.253 e. The molecule has 1 amide bonds. The third-order valence-corrected chi connectivity index (χ3v) is 2.47. The molecule has 1 heterocycles. The predicted molar refractivity (Wildman–Crippen MR) is 64.3 cm³/mol. The Morgan fingerprint density at radius 1 is 1.39 bits per heavy atom. The van der Waals surface area contributed by atoms with E-state index < -0.39 is 6.10 Å². The van der Waals surface area contributed by atoms with Crippen molar-refractivity contribution in [2.24, 2.45) is 0 Å². The molecule has 1 atom stereocenters. The maximum atomic E-state index is 11.6. The van der Waals surface area contributed by atoms with Gasteiger partial charge >= 0.3 is 0 Å². The van der Waals surface area contributed by atoms with Crippen LogP contribution < -0.4 is 5.32 Å². The molecular weight excluding hydrogens is 234 g/mol. The van der Waals surface area contributed by atoms with E-state index in [1.165, 1.54) is 18.1 Å². The van der Waals surface area contributed by atoms with Crippen LogP contribution >= 0.6 is 0 Å². The lowest BCUT2D eigenvalue weighted by atomic mass is 10.2. The van der Waals surface area contributed by atoms with Gasteiger partial charge in [-0.2, -0.15) is 0 Å². The van der Waals surface area contributed by atoms with E-state index in [0.29, 0.717) is 5.69 Å². The Balaban J connectivity index is 2.06. The summed E-state index contributed by atoms with van der Waals surface area (Å²) in [6.07, 6.45) is 1.02. The number of amides is 1. The summed E-state index contributed by atoms with van der Waals surface area (Å²) < 4.78 is 6.46. The molecule has 7 heteroatoms. The van der Waals surface area contributed by atoms with Gasteiger partial charge in [-0.25, -0.2) is 4.68 Å². The minimum absolute atomic E-state index is 0.187.